The molecule has 5 aromatic rings. The molecule has 0 saturated carbocycles. The summed E-state index contributed by atoms with van der Waals surface area (Å²) in [7, 11) is 0. The number of ether oxygens (including phenoxy) is 4. The lowest BCUT2D eigenvalue weighted by Crippen LogP contribution is -2.46. The second kappa shape index (κ2) is 15.5. The molecule has 6 rings (SSSR count). The van der Waals surface area contributed by atoms with Crippen LogP contribution in [0.5, 0.6) is 5.88 Å². The van der Waals surface area contributed by atoms with Gasteiger partial charge in [0.25, 0.3) is 0 Å². The molecule has 0 spiro atoms. The van der Waals surface area contributed by atoms with Gasteiger partial charge in [0.05, 0.1) is 13.2 Å². The highest BCUT2D eigenvalue weighted by atomic mass is 16.6. The molecule has 0 bridgehead atoms. The molecule has 0 unspecified atom stereocenters. The van der Waals surface area contributed by atoms with Crippen molar-refractivity contribution in [2.75, 3.05) is 25.5 Å². The Bertz CT molecular complexity index is 2030. The van der Waals surface area contributed by atoms with E-state index in [1.165, 1.54) is 9.58 Å². The van der Waals surface area contributed by atoms with Crippen molar-refractivity contribution < 1.29 is 33.3 Å². The number of nitrogens with one attached hydrogen (secondary N) is 1. The topological polar surface area (TPSA) is 173 Å². The molecule has 0 atom stereocenters. The summed E-state index contributed by atoms with van der Waals surface area (Å²) in [6, 6.07) is 25.5. The Morgan fingerprint density at radius 3 is 2.17 bits per heavy atom. The first-order chi connectivity index (χ1) is 25.0. The second-order valence-electron chi connectivity index (χ2n) is 13.1. The second-order valence-corrected chi connectivity index (χ2v) is 13.1. The first-order valence-electron chi connectivity index (χ1n) is 16.9. The maximum Gasteiger partial charge on any atom is 0.421 e. The van der Waals surface area contributed by atoms with Crippen LogP contribution in [0.3, 0.4) is 0 Å². The minimum absolute atomic E-state index is 0.0568. The third-order valence-corrected chi connectivity index (χ3v) is 8.14. The number of carbonyl (C=O) groups excluding carboxylic acids is 3. The van der Waals surface area contributed by atoms with Crippen LogP contribution in [-0.2, 0) is 43.5 Å². The number of rotatable bonds is 13. The number of esters is 2. The van der Waals surface area contributed by atoms with E-state index in [9.17, 15) is 14.4 Å². The van der Waals surface area contributed by atoms with Crippen LogP contribution in [0.1, 0.15) is 56.1 Å². The van der Waals surface area contributed by atoms with E-state index in [4.69, 9.17) is 29.7 Å². The number of hydrogen-bond acceptors (Lipinski definition) is 12. The monoisotopic (exact) mass is 707 g/mol. The minimum atomic E-state index is -0.795. The Labute approximate surface area is 300 Å². The van der Waals surface area contributed by atoms with Gasteiger partial charge in [-0.3, -0.25) is 19.6 Å². The molecule has 3 aromatic carbocycles. The zero-order valence-electron chi connectivity index (χ0n) is 29.5. The summed E-state index contributed by atoms with van der Waals surface area (Å²) < 4.78 is 24.1. The van der Waals surface area contributed by atoms with Gasteiger partial charge in [0.2, 0.25) is 11.8 Å². The van der Waals surface area contributed by atoms with Crippen LogP contribution in [0.15, 0.2) is 78.9 Å². The molecule has 2 heterocycles. The van der Waals surface area contributed by atoms with Gasteiger partial charge in [-0.1, -0.05) is 78.9 Å². The lowest BCUT2D eigenvalue weighted by atomic mass is 9.98. The summed E-state index contributed by atoms with van der Waals surface area (Å²) in [5.74, 6) is -1.13. The zero-order valence-corrected chi connectivity index (χ0v) is 29.5. The average molecular weight is 708 g/mol. The Kier molecular flexibility index (Phi) is 10.7. The highest BCUT2D eigenvalue weighted by Gasteiger charge is 2.30. The summed E-state index contributed by atoms with van der Waals surface area (Å²) >= 11 is 0. The number of nitrogens with two attached hydrogens (primary N) is 1. The first kappa shape index (κ1) is 35.8. The molecule has 1 aliphatic carbocycles. The third-order valence-electron chi connectivity index (χ3n) is 8.14. The summed E-state index contributed by atoms with van der Waals surface area (Å²) in [5.41, 5.74) is 13.6. The predicted octanol–water partition coefficient (Wildman–Crippen LogP) is 5.15. The van der Waals surface area contributed by atoms with E-state index >= 15 is 0 Å². The quantitative estimate of drug-likeness (QED) is 0.0938. The van der Waals surface area contributed by atoms with Crippen molar-refractivity contribution in [3.05, 3.63) is 101 Å². The number of hydrogen-bond donors (Lipinski definition) is 2. The highest BCUT2D eigenvalue weighted by Crippen LogP contribution is 2.44. The van der Waals surface area contributed by atoms with Crippen LogP contribution >= 0.6 is 0 Å². The molecular weight excluding hydrogens is 666 g/mol. The number of anilines is 1. The number of hydrazine groups is 1. The van der Waals surface area contributed by atoms with Gasteiger partial charge in [-0.2, -0.15) is 15.0 Å². The molecule has 52 heavy (non-hydrogen) atoms. The molecular formula is C38H41N7O7. The van der Waals surface area contributed by atoms with Crippen molar-refractivity contribution in [2.24, 2.45) is 0 Å². The number of nitrogens with zero attached hydrogens (tertiary/aromatic N) is 5. The van der Waals surface area contributed by atoms with Crippen molar-refractivity contribution in [3.8, 4) is 17.0 Å². The molecule has 14 nitrogen and oxygen atoms in total. The summed E-state index contributed by atoms with van der Waals surface area (Å²) in [6.07, 6.45) is -0.795. The lowest BCUT2D eigenvalue weighted by molar-refractivity contribution is -0.155. The lowest BCUT2D eigenvalue weighted by Gasteiger charge is -2.23. The van der Waals surface area contributed by atoms with E-state index in [-0.39, 0.29) is 74.2 Å². The molecule has 270 valence electrons. The number of aromatic nitrogens is 4. The molecule has 0 radical (unpaired) electrons. The third kappa shape index (κ3) is 8.46. The Balaban J connectivity index is 1.28. The first-order valence-corrected chi connectivity index (χ1v) is 16.9. The van der Waals surface area contributed by atoms with Gasteiger partial charge < -0.3 is 24.7 Å². The molecule has 3 N–H and O–H groups in total. The maximum atomic E-state index is 13.4. The van der Waals surface area contributed by atoms with Gasteiger partial charge >= 0.3 is 18.0 Å². The zero-order chi connectivity index (χ0) is 36.8. The van der Waals surface area contributed by atoms with Gasteiger partial charge in [0.1, 0.15) is 37.7 Å². The largest absolute Gasteiger partial charge is 0.471 e. The van der Waals surface area contributed by atoms with E-state index < -0.39 is 23.6 Å². The van der Waals surface area contributed by atoms with E-state index in [0.29, 0.717) is 0 Å². The number of amides is 1. The molecule has 0 saturated heterocycles. The van der Waals surface area contributed by atoms with Gasteiger partial charge in [-0.15, -0.1) is 0 Å². The SMILES string of the molecule is CCOC(=O)CN(Cc1nc2c(OCc3ccccc3)nc(N)nc2n1CC(=O)OC(C)(C)C)NC(=O)OCC1c2ccccc2-c2ccccc21. The van der Waals surface area contributed by atoms with Gasteiger partial charge in [0, 0.05) is 5.92 Å². The van der Waals surface area contributed by atoms with Crippen LogP contribution in [0.2, 0.25) is 0 Å². The van der Waals surface area contributed by atoms with Crippen molar-refractivity contribution in [2.45, 2.75) is 58.9 Å². The van der Waals surface area contributed by atoms with Crippen LogP contribution in [0.4, 0.5) is 10.7 Å². The summed E-state index contributed by atoms with van der Waals surface area (Å²) in [6.45, 7) is 6.45. The molecule has 1 aliphatic rings. The number of nitrogen functional groups attached to an aromatic ring is 1. The fourth-order valence-corrected chi connectivity index (χ4v) is 6.08. The van der Waals surface area contributed by atoms with E-state index in [0.717, 1.165) is 27.8 Å². The molecule has 0 fully saturated rings. The molecule has 0 aliphatic heterocycles. The van der Waals surface area contributed by atoms with Crippen molar-refractivity contribution >= 4 is 35.1 Å². The Morgan fingerprint density at radius 1 is 0.865 bits per heavy atom. The summed E-state index contributed by atoms with van der Waals surface area (Å²) in [5, 5.41) is 1.30. The van der Waals surface area contributed by atoms with Crippen LogP contribution in [0.25, 0.3) is 22.3 Å². The van der Waals surface area contributed by atoms with Crippen LogP contribution in [-0.4, -0.2) is 67.9 Å². The number of fused-ring (bicyclic) bond motifs is 4. The van der Waals surface area contributed by atoms with Crippen LogP contribution < -0.4 is 15.9 Å². The molecule has 1 amide bonds. The van der Waals surface area contributed by atoms with E-state index in [1.54, 1.807) is 27.7 Å². The fraction of sp³-hybridized carbons (Fsp3) is 0.316. The number of imidazole rings is 1. The molecule has 14 heteroatoms. The Morgan fingerprint density at radius 2 is 1.52 bits per heavy atom. The van der Waals surface area contributed by atoms with E-state index in [2.05, 4.69) is 27.5 Å². The standard InChI is InChI=1S/C38H41N7O7/c1-5-49-31(46)20-44(43-37(48)51-23-29-27-17-11-9-15-25(27)26-16-10-12-18-28(26)29)19-30-40-33-34(45(30)21-32(47)52-38(2,3)4)41-36(39)42-35(33)50-22-24-13-7-6-8-14-24/h6-18,29H,5,19-23H2,1-4H3,(H,43,48)(H2,39,41,42). The van der Waals surface area contributed by atoms with Gasteiger partial charge in [-0.25, -0.2) is 9.78 Å². The van der Waals surface area contributed by atoms with Gasteiger partial charge in [0.15, 0.2) is 11.2 Å². The smallest absolute Gasteiger partial charge is 0.421 e. The van der Waals surface area contributed by atoms with E-state index in [1.807, 2.05) is 66.7 Å². The minimum Gasteiger partial charge on any atom is -0.471 e. The number of benzene rings is 3. The summed E-state index contributed by atoms with van der Waals surface area (Å²) in [4.78, 5) is 52.7. The van der Waals surface area contributed by atoms with Crippen LogP contribution in [0, 0.1) is 0 Å². The van der Waals surface area contributed by atoms with Crippen molar-refractivity contribution in [1.82, 2.24) is 30.0 Å². The fourth-order valence-electron chi connectivity index (χ4n) is 6.08. The predicted molar refractivity (Wildman–Crippen MR) is 192 cm³/mol. The average Bonchev–Trinajstić information content (AvgIpc) is 3.60. The number of carbonyl (C=O) groups is 3. The van der Waals surface area contributed by atoms with Gasteiger partial charge in [-0.05, 0) is 55.5 Å². The van der Waals surface area contributed by atoms with Crippen molar-refractivity contribution in [1.29, 1.82) is 0 Å². The molecule has 2 aromatic heterocycles. The normalized spacial score (nSPS) is 12.3. The highest BCUT2D eigenvalue weighted by molar-refractivity contribution is 5.81. The Hall–Kier alpha value is -6.02. The maximum absolute atomic E-state index is 13.4. The van der Waals surface area contributed by atoms with Crippen molar-refractivity contribution in [3.63, 3.8) is 0 Å².